The van der Waals surface area contributed by atoms with Crippen LogP contribution in [0.3, 0.4) is 0 Å². The smallest absolute Gasteiger partial charge is 0.311 e. The van der Waals surface area contributed by atoms with Crippen molar-refractivity contribution in [2.24, 2.45) is 0 Å². The number of H-pyrrole nitrogens is 1. The van der Waals surface area contributed by atoms with Crippen molar-refractivity contribution >= 4 is 5.97 Å². The summed E-state index contributed by atoms with van der Waals surface area (Å²) in [5.41, 5.74) is 2.04. The number of aromatic nitrogens is 1. The normalized spacial score (nSPS) is 9.83. The molecule has 0 atom stereocenters. The summed E-state index contributed by atoms with van der Waals surface area (Å²) >= 11 is 0. The van der Waals surface area contributed by atoms with E-state index in [0.717, 1.165) is 11.3 Å². The van der Waals surface area contributed by atoms with Crippen molar-refractivity contribution in [3.05, 3.63) is 23.5 Å². The van der Waals surface area contributed by atoms with Gasteiger partial charge in [0, 0.05) is 11.9 Å². The van der Waals surface area contributed by atoms with Gasteiger partial charge in [-0.3, -0.25) is 4.79 Å². The van der Waals surface area contributed by atoms with Gasteiger partial charge >= 0.3 is 5.97 Å². The van der Waals surface area contributed by atoms with Gasteiger partial charge in [-0.05, 0) is 25.5 Å². The Balaban J connectivity index is 2.52. The average Bonchev–Trinajstić information content (AvgIpc) is 2.37. The van der Waals surface area contributed by atoms with Gasteiger partial charge < -0.3 is 9.72 Å². The molecule has 3 nitrogen and oxygen atoms in total. The molecular weight excluding hydrogens is 154 g/mol. The molecule has 0 aromatic carbocycles. The fraction of sp³-hybridized carbons (Fsp3) is 0.444. The summed E-state index contributed by atoms with van der Waals surface area (Å²) in [5, 5.41) is 0. The number of carbonyl (C=O) groups excluding carboxylic acids is 1. The van der Waals surface area contributed by atoms with Crippen LogP contribution < -0.4 is 0 Å². The van der Waals surface area contributed by atoms with Gasteiger partial charge in [0.15, 0.2) is 0 Å². The lowest BCUT2D eigenvalue weighted by atomic mass is 10.2. The standard InChI is InChI=1S/C9H13NO2/c1-3-12-9(11)6-8-7(2)4-5-10-8/h4-5,10H,3,6H2,1-2H3. The van der Waals surface area contributed by atoms with E-state index in [4.69, 9.17) is 4.74 Å². The molecule has 1 N–H and O–H groups in total. The SMILES string of the molecule is CCOC(=O)Cc1[nH]ccc1C. The third-order valence-electron chi connectivity index (χ3n) is 1.69. The largest absolute Gasteiger partial charge is 0.466 e. The summed E-state index contributed by atoms with van der Waals surface area (Å²) in [6, 6.07) is 1.94. The maximum absolute atomic E-state index is 11.0. The summed E-state index contributed by atoms with van der Waals surface area (Å²) in [7, 11) is 0. The van der Waals surface area contributed by atoms with Crippen LogP contribution in [0.2, 0.25) is 0 Å². The lowest BCUT2D eigenvalue weighted by Gasteiger charge is -2.00. The van der Waals surface area contributed by atoms with Crippen LogP contribution >= 0.6 is 0 Å². The summed E-state index contributed by atoms with van der Waals surface area (Å²) in [5.74, 6) is -0.178. The predicted molar refractivity (Wildman–Crippen MR) is 45.9 cm³/mol. The Kier molecular flexibility index (Phi) is 2.91. The van der Waals surface area contributed by atoms with Crippen LogP contribution in [-0.2, 0) is 16.0 Å². The number of hydrogen-bond acceptors (Lipinski definition) is 2. The molecule has 3 heteroatoms. The van der Waals surface area contributed by atoms with Gasteiger partial charge in [0.2, 0.25) is 0 Å². The fourth-order valence-corrected chi connectivity index (χ4v) is 1.03. The molecule has 0 unspecified atom stereocenters. The van der Waals surface area contributed by atoms with Crippen LogP contribution in [0, 0.1) is 6.92 Å². The third kappa shape index (κ3) is 2.12. The Bertz CT molecular complexity index is 265. The number of esters is 1. The van der Waals surface area contributed by atoms with Crippen LogP contribution in [0.15, 0.2) is 12.3 Å². The zero-order chi connectivity index (χ0) is 8.97. The van der Waals surface area contributed by atoms with Gasteiger partial charge in [0.1, 0.15) is 0 Å². The lowest BCUT2D eigenvalue weighted by molar-refractivity contribution is -0.142. The molecule has 0 spiro atoms. The van der Waals surface area contributed by atoms with Crippen molar-refractivity contribution in [1.29, 1.82) is 0 Å². The second-order valence-electron chi connectivity index (χ2n) is 2.62. The Morgan fingerprint density at radius 3 is 2.92 bits per heavy atom. The molecule has 0 bridgehead atoms. The average molecular weight is 167 g/mol. The fourth-order valence-electron chi connectivity index (χ4n) is 1.03. The van der Waals surface area contributed by atoms with Crippen LogP contribution in [0.5, 0.6) is 0 Å². The maximum Gasteiger partial charge on any atom is 0.311 e. The lowest BCUT2D eigenvalue weighted by Crippen LogP contribution is -2.08. The number of carbonyl (C=O) groups is 1. The van der Waals surface area contributed by atoms with E-state index >= 15 is 0 Å². The number of hydrogen-bond donors (Lipinski definition) is 1. The van der Waals surface area contributed by atoms with E-state index in [1.807, 2.05) is 19.2 Å². The Morgan fingerprint density at radius 2 is 2.42 bits per heavy atom. The van der Waals surface area contributed by atoms with Gasteiger partial charge in [-0.2, -0.15) is 0 Å². The molecule has 0 aliphatic carbocycles. The van der Waals surface area contributed by atoms with Crippen LogP contribution in [0.1, 0.15) is 18.2 Å². The van der Waals surface area contributed by atoms with E-state index in [0.29, 0.717) is 13.0 Å². The molecule has 0 amide bonds. The first-order valence-corrected chi connectivity index (χ1v) is 4.02. The minimum Gasteiger partial charge on any atom is -0.466 e. The summed E-state index contributed by atoms with van der Waals surface area (Å²) in [6.07, 6.45) is 2.16. The number of aryl methyl sites for hydroxylation is 1. The van der Waals surface area contributed by atoms with Crippen molar-refractivity contribution in [1.82, 2.24) is 4.98 Å². The highest BCUT2D eigenvalue weighted by molar-refractivity contribution is 5.72. The number of aromatic amines is 1. The van der Waals surface area contributed by atoms with E-state index in [-0.39, 0.29) is 5.97 Å². The van der Waals surface area contributed by atoms with Gasteiger partial charge in [0.25, 0.3) is 0 Å². The van der Waals surface area contributed by atoms with Crippen molar-refractivity contribution in [3.63, 3.8) is 0 Å². The molecule has 1 heterocycles. The topological polar surface area (TPSA) is 42.1 Å². The molecule has 66 valence electrons. The summed E-state index contributed by atoms with van der Waals surface area (Å²) in [4.78, 5) is 14.0. The minimum absolute atomic E-state index is 0.178. The second kappa shape index (κ2) is 3.95. The first kappa shape index (κ1) is 8.84. The molecule has 0 radical (unpaired) electrons. The first-order chi connectivity index (χ1) is 5.74. The molecule has 0 saturated heterocycles. The zero-order valence-electron chi connectivity index (χ0n) is 7.39. The van der Waals surface area contributed by atoms with Crippen LogP contribution in [0.25, 0.3) is 0 Å². The Labute approximate surface area is 71.7 Å². The second-order valence-corrected chi connectivity index (χ2v) is 2.62. The zero-order valence-corrected chi connectivity index (χ0v) is 7.39. The van der Waals surface area contributed by atoms with Crippen LogP contribution in [0.4, 0.5) is 0 Å². The van der Waals surface area contributed by atoms with Gasteiger partial charge in [-0.15, -0.1) is 0 Å². The summed E-state index contributed by atoms with van der Waals surface area (Å²) < 4.78 is 4.81. The van der Waals surface area contributed by atoms with E-state index < -0.39 is 0 Å². The molecule has 12 heavy (non-hydrogen) atoms. The molecule has 0 aliphatic rings. The number of ether oxygens (including phenoxy) is 1. The van der Waals surface area contributed by atoms with E-state index in [2.05, 4.69) is 4.98 Å². The van der Waals surface area contributed by atoms with E-state index in [1.165, 1.54) is 0 Å². The molecule has 1 rings (SSSR count). The Hall–Kier alpha value is -1.25. The monoisotopic (exact) mass is 167 g/mol. The van der Waals surface area contributed by atoms with Crippen molar-refractivity contribution in [2.75, 3.05) is 6.61 Å². The molecule has 0 saturated carbocycles. The highest BCUT2D eigenvalue weighted by Crippen LogP contribution is 2.05. The summed E-state index contributed by atoms with van der Waals surface area (Å²) in [6.45, 7) is 4.21. The van der Waals surface area contributed by atoms with Gasteiger partial charge in [-0.25, -0.2) is 0 Å². The molecular formula is C9H13NO2. The number of nitrogens with one attached hydrogen (secondary N) is 1. The van der Waals surface area contributed by atoms with Gasteiger partial charge in [0.05, 0.1) is 13.0 Å². The molecule has 0 fully saturated rings. The minimum atomic E-state index is -0.178. The van der Waals surface area contributed by atoms with Crippen molar-refractivity contribution in [3.8, 4) is 0 Å². The van der Waals surface area contributed by atoms with Gasteiger partial charge in [-0.1, -0.05) is 0 Å². The highest BCUT2D eigenvalue weighted by atomic mass is 16.5. The Morgan fingerprint density at radius 1 is 1.67 bits per heavy atom. The van der Waals surface area contributed by atoms with Crippen molar-refractivity contribution in [2.45, 2.75) is 20.3 Å². The third-order valence-corrected chi connectivity index (χ3v) is 1.69. The first-order valence-electron chi connectivity index (χ1n) is 4.02. The van der Waals surface area contributed by atoms with Crippen LogP contribution in [-0.4, -0.2) is 17.6 Å². The molecule has 1 aromatic rings. The van der Waals surface area contributed by atoms with E-state index in [1.54, 1.807) is 6.92 Å². The molecule has 1 aromatic heterocycles. The van der Waals surface area contributed by atoms with Crippen molar-refractivity contribution < 1.29 is 9.53 Å². The predicted octanol–water partition coefficient (Wildman–Crippen LogP) is 1.43. The van der Waals surface area contributed by atoms with E-state index in [9.17, 15) is 4.79 Å². The quantitative estimate of drug-likeness (QED) is 0.692. The maximum atomic E-state index is 11.0. The molecule has 0 aliphatic heterocycles. The highest BCUT2D eigenvalue weighted by Gasteiger charge is 2.06. The number of rotatable bonds is 3.